The van der Waals surface area contributed by atoms with Crippen LogP contribution in [-0.2, 0) is 9.53 Å². The predicted molar refractivity (Wildman–Crippen MR) is 104 cm³/mol. The summed E-state index contributed by atoms with van der Waals surface area (Å²) in [5.74, 6) is -1.18. The zero-order valence-electron chi connectivity index (χ0n) is 15.2. The zero-order valence-corrected chi connectivity index (χ0v) is 16.7. The lowest BCUT2D eigenvalue weighted by atomic mass is 10.0. The van der Waals surface area contributed by atoms with Crippen molar-refractivity contribution < 1.29 is 23.9 Å². The number of hydrogen-bond acceptors (Lipinski definition) is 6. The van der Waals surface area contributed by atoms with Crippen molar-refractivity contribution in [1.82, 2.24) is 5.32 Å². The van der Waals surface area contributed by atoms with Gasteiger partial charge in [-0.2, -0.15) is 0 Å². The van der Waals surface area contributed by atoms with Gasteiger partial charge in [-0.25, -0.2) is 4.79 Å². The second-order valence-corrected chi connectivity index (χ2v) is 7.41. The monoisotopic (exact) mass is 409 g/mol. The van der Waals surface area contributed by atoms with Gasteiger partial charge in [0.05, 0.1) is 17.0 Å². The van der Waals surface area contributed by atoms with Crippen LogP contribution in [0.1, 0.15) is 33.9 Å². The number of ether oxygens (including phenoxy) is 2. The molecule has 0 unspecified atom stereocenters. The molecule has 144 valence electrons. The molecule has 6 nitrogen and oxygen atoms in total. The maximum atomic E-state index is 12.4. The first kappa shape index (κ1) is 20.9. The molecule has 1 N–H and O–H groups in total. The van der Waals surface area contributed by atoms with Crippen LogP contribution in [-0.4, -0.2) is 37.4 Å². The first-order valence-electron chi connectivity index (χ1n) is 8.21. The van der Waals surface area contributed by atoms with Crippen LogP contribution in [0.15, 0.2) is 35.7 Å². The number of amides is 1. The van der Waals surface area contributed by atoms with Crippen molar-refractivity contribution in [3.8, 4) is 5.75 Å². The molecule has 1 amide bonds. The molecule has 0 saturated carbocycles. The molecular formula is C19H20ClNO5S. The molecule has 0 fully saturated rings. The van der Waals surface area contributed by atoms with Crippen LogP contribution < -0.4 is 10.1 Å². The van der Waals surface area contributed by atoms with Gasteiger partial charge in [-0.3, -0.25) is 9.59 Å². The van der Waals surface area contributed by atoms with Gasteiger partial charge in [0.1, 0.15) is 11.8 Å². The highest BCUT2D eigenvalue weighted by Crippen LogP contribution is 2.25. The van der Waals surface area contributed by atoms with Crippen molar-refractivity contribution in [2.24, 2.45) is 5.92 Å². The summed E-state index contributed by atoms with van der Waals surface area (Å²) in [7, 11) is 1.47. The first-order chi connectivity index (χ1) is 12.8. The molecule has 0 bridgehead atoms. The molecule has 0 radical (unpaired) electrons. The van der Waals surface area contributed by atoms with Gasteiger partial charge >= 0.3 is 5.97 Å². The minimum atomic E-state index is -0.855. The Kier molecular flexibility index (Phi) is 7.38. The summed E-state index contributed by atoms with van der Waals surface area (Å²) < 4.78 is 10.2. The molecule has 27 heavy (non-hydrogen) atoms. The van der Waals surface area contributed by atoms with Gasteiger partial charge in [-0.05, 0) is 35.6 Å². The average molecular weight is 410 g/mol. The summed E-state index contributed by atoms with van der Waals surface area (Å²) >= 11 is 7.28. The van der Waals surface area contributed by atoms with Crippen LogP contribution in [0.25, 0.3) is 0 Å². The van der Waals surface area contributed by atoms with E-state index < -0.39 is 24.4 Å². The second-order valence-electron chi connectivity index (χ2n) is 6.05. The number of methoxy groups -OCH3 is 1. The molecule has 0 saturated heterocycles. The molecule has 0 aliphatic heterocycles. The summed E-state index contributed by atoms with van der Waals surface area (Å²) in [6.45, 7) is 3.12. The van der Waals surface area contributed by atoms with Gasteiger partial charge in [0.25, 0.3) is 5.91 Å². The van der Waals surface area contributed by atoms with Crippen molar-refractivity contribution in [2.45, 2.75) is 19.9 Å². The highest BCUT2D eigenvalue weighted by Gasteiger charge is 2.27. The molecule has 8 heteroatoms. The van der Waals surface area contributed by atoms with Crippen molar-refractivity contribution in [1.29, 1.82) is 0 Å². The molecule has 0 aliphatic carbocycles. The number of carbonyl (C=O) groups is 3. The summed E-state index contributed by atoms with van der Waals surface area (Å²) in [4.78, 5) is 37.3. The lowest BCUT2D eigenvalue weighted by Crippen LogP contribution is -2.45. The van der Waals surface area contributed by atoms with Gasteiger partial charge in [0.15, 0.2) is 12.4 Å². The van der Waals surface area contributed by atoms with Crippen molar-refractivity contribution in [3.05, 3.63) is 51.2 Å². The number of halogens is 1. The Labute approximate surface area is 166 Å². The van der Waals surface area contributed by atoms with Crippen molar-refractivity contribution >= 4 is 40.6 Å². The van der Waals surface area contributed by atoms with E-state index in [1.54, 1.807) is 43.5 Å². The molecule has 2 aromatic rings. The number of Topliss-reactive ketones (excluding diaryl/α,β-unsaturated/α-hetero) is 1. The van der Waals surface area contributed by atoms with Gasteiger partial charge in [-0.15, -0.1) is 11.3 Å². The largest absolute Gasteiger partial charge is 0.495 e. The maximum absolute atomic E-state index is 12.4. The number of carbonyl (C=O) groups excluding carboxylic acids is 3. The minimum absolute atomic E-state index is 0.202. The molecule has 1 atom stereocenters. The zero-order chi connectivity index (χ0) is 20.0. The van der Waals surface area contributed by atoms with E-state index in [0.717, 1.165) is 0 Å². The van der Waals surface area contributed by atoms with E-state index >= 15 is 0 Å². The van der Waals surface area contributed by atoms with E-state index in [0.29, 0.717) is 16.2 Å². The van der Waals surface area contributed by atoms with Crippen LogP contribution in [0.2, 0.25) is 5.02 Å². The standard InChI is InChI=1S/C19H20ClNO5S/c1-11(2)17(21-18(23)16-5-4-8-27-16)19(24)26-10-14(22)12-6-7-15(25-3)13(20)9-12/h4-9,11,17H,10H2,1-3H3,(H,21,23)/t17-/m1/s1. The Morgan fingerprint density at radius 1 is 1.22 bits per heavy atom. The Bertz CT molecular complexity index is 820. The van der Waals surface area contributed by atoms with Crippen molar-refractivity contribution in [2.75, 3.05) is 13.7 Å². The number of rotatable bonds is 8. The number of esters is 1. The fourth-order valence-electron chi connectivity index (χ4n) is 2.27. The quantitative estimate of drug-likeness (QED) is 0.532. The fourth-order valence-corrected chi connectivity index (χ4v) is 3.15. The average Bonchev–Trinajstić information content (AvgIpc) is 3.18. The van der Waals surface area contributed by atoms with Crippen molar-refractivity contribution in [3.63, 3.8) is 0 Å². The van der Waals surface area contributed by atoms with E-state index in [1.165, 1.54) is 24.5 Å². The van der Waals surface area contributed by atoms with E-state index in [2.05, 4.69) is 5.32 Å². The number of ketones is 1. The third kappa shape index (κ3) is 5.55. The van der Waals surface area contributed by atoms with E-state index in [-0.39, 0.29) is 16.8 Å². The summed E-state index contributed by atoms with van der Waals surface area (Å²) in [5, 5.41) is 4.72. The van der Waals surface area contributed by atoms with Crippen LogP contribution >= 0.6 is 22.9 Å². The minimum Gasteiger partial charge on any atom is -0.495 e. The lowest BCUT2D eigenvalue weighted by Gasteiger charge is -2.20. The normalized spacial score (nSPS) is 11.7. The first-order valence-corrected chi connectivity index (χ1v) is 9.47. The number of hydrogen-bond donors (Lipinski definition) is 1. The Morgan fingerprint density at radius 3 is 2.52 bits per heavy atom. The summed E-state index contributed by atoms with van der Waals surface area (Å²) in [5.41, 5.74) is 0.303. The van der Waals surface area contributed by atoms with Crippen LogP contribution in [0.4, 0.5) is 0 Å². The third-order valence-electron chi connectivity index (χ3n) is 3.77. The highest BCUT2D eigenvalue weighted by molar-refractivity contribution is 7.12. The smallest absolute Gasteiger partial charge is 0.329 e. The number of benzene rings is 1. The second kappa shape index (κ2) is 9.53. The van der Waals surface area contributed by atoms with Crippen LogP contribution in [0, 0.1) is 5.92 Å². The van der Waals surface area contributed by atoms with Gasteiger partial charge in [0.2, 0.25) is 0 Å². The van der Waals surface area contributed by atoms with E-state index in [4.69, 9.17) is 21.1 Å². The molecule has 1 aromatic carbocycles. The van der Waals surface area contributed by atoms with E-state index in [1.807, 2.05) is 0 Å². The molecule has 0 spiro atoms. The summed E-state index contributed by atoms with van der Waals surface area (Å²) in [6.07, 6.45) is 0. The van der Waals surface area contributed by atoms with E-state index in [9.17, 15) is 14.4 Å². The summed E-state index contributed by atoms with van der Waals surface area (Å²) in [6, 6.07) is 7.12. The topological polar surface area (TPSA) is 81.7 Å². The molecule has 1 aromatic heterocycles. The van der Waals surface area contributed by atoms with Gasteiger partial charge in [-0.1, -0.05) is 31.5 Å². The molecule has 2 rings (SSSR count). The molecule has 1 heterocycles. The maximum Gasteiger partial charge on any atom is 0.329 e. The predicted octanol–water partition coefficient (Wildman–Crippen LogP) is 3.59. The van der Waals surface area contributed by atoms with Crippen LogP contribution in [0.3, 0.4) is 0 Å². The van der Waals surface area contributed by atoms with Gasteiger partial charge in [0, 0.05) is 5.56 Å². The third-order valence-corrected chi connectivity index (χ3v) is 4.94. The number of nitrogens with one attached hydrogen (secondary N) is 1. The number of thiophene rings is 1. The highest BCUT2D eigenvalue weighted by atomic mass is 35.5. The van der Waals surface area contributed by atoms with Crippen LogP contribution in [0.5, 0.6) is 5.75 Å². The SMILES string of the molecule is COc1ccc(C(=O)COC(=O)[C@H](NC(=O)c2cccs2)C(C)C)cc1Cl. The Balaban J connectivity index is 1.98. The lowest BCUT2D eigenvalue weighted by molar-refractivity contribution is -0.145. The fraction of sp³-hybridized carbons (Fsp3) is 0.316. The Morgan fingerprint density at radius 2 is 1.96 bits per heavy atom. The van der Waals surface area contributed by atoms with Gasteiger partial charge < -0.3 is 14.8 Å². The molecular weight excluding hydrogens is 390 g/mol. The Hall–Kier alpha value is -2.38. The molecule has 0 aliphatic rings.